The van der Waals surface area contributed by atoms with Gasteiger partial charge in [0.2, 0.25) is 0 Å². The number of aryl methyl sites for hydroxylation is 2. The largest absolute Gasteiger partial charge is 0.481 e. The van der Waals surface area contributed by atoms with Gasteiger partial charge in [0, 0.05) is 18.7 Å². The molecule has 0 saturated heterocycles. The third-order valence-electron chi connectivity index (χ3n) is 3.34. The van der Waals surface area contributed by atoms with E-state index >= 15 is 0 Å². The van der Waals surface area contributed by atoms with Crippen molar-refractivity contribution in [1.29, 1.82) is 0 Å². The quantitative estimate of drug-likeness (QED) is 0.888. The number of carbonyl (C=O) groups excluding carboxylic acids is 1. The van der Waals surface area contributed by atoms with Crippen molar-refractivity contribution < 1.29 is 14.7 Å². The maximum atomic E-state index is 12.3. The summed E-state index contributed by atoms with van der Waals surface area (Å²) in [4.78, 5) is 24.8. The Morgan fingerprint density at radius 1 is 1.26 bits per heavy atom. The van der Waals surface area contributed by atoms with Gasteiger partial charge >= 0.3 is 5.97 Å². The van der Waals surface area contributed by atoms with Gasteiger partial charge in [0.1, 0.15) is 0 Å². The highest BCUT2D eigenvalue weighted by atomic mass is 16.4. The van der Waals surface area contributed by atoms with E-state index in [4.69, 9.17) is 5.11 Å². The lowest BCUT2D eigenvalue weighted by Gasteiger charge is -2.23. The molecule has 0 spiro atoms. The van der Waals surface area contributed by atoms with E-state index in [1.165, 1.54) is 0 Å². The van der Waals surface area contributed by atoms with Crippen molar-refractivity contribution in [2.75, 3.05) is 13.1 Å². The van der Waals surface area contributed by atoms with E-state index in [0.717, 1.165) is 11.1 Å². The minimum atomic E-state index is -0.883. The zero-order chi connectivity index (χ0) is 14.6. The number of hydrogen-bond acceptors (Lipinski definition) is 2. The molecular weight excluding hydrogens is 242 g/mol. The normalized spacial score (nSPS) is 12.0. The van der Waals surface area contributed by atoms with E-state index in [1.54, 1.807) is 17.9 Å². The third-order valence-corrected chi connectivity index (χ3v) is 3.34. The molecule has 1 aromatic rings. The molecule has 1 rings (SSSR count). The average molecular weight is 263 g/mol. The van der Waals surface area contributed by atoms with Crippen LogP contribution in [0.3, 0.4) is 0 Å². The number of nitrogens with zero attached hydrogens (tertiary/aromatic N) is 1. The smallest absolute Gasteiger partial charge is 0.308 e. The Kier molecular flexibility index (Phi) is 5.10. The number of amides is 1. The molecule has 4 heteroatoms. The van der Waals surface area contributed by atoms with Gasteiger partial charge in [-0.2, -0.15) is 0 Å². The van der Waals surface area contributed by atoms with E-state index in [-0.39, 0.29) is 12.5 Å². The predicted octanol–water partition coefficient (Wildman–Crippen LogP) is 2.49. The SMILES string of the molecule is CCN(C[C@@H](C)C(=O)O)C(=O)c1ccc(C)c(C)c1. The standard InChI is InChI=1S/C15H21NO3/c1-5-16(9-12(4)15(18)19)14(17)13-7-6-10(2)11(3)8-13/h6-8,12H,5,9H2,1-4H3,(H,18,19)/t12-/m1/s1. The second-order valence-electron chi connectivity index (χ2n) is 4.88. The topological polar surface area (TPSA) is 57.6 Å². The minimum Gasteiger partial charge on any atom is -0.481 e. The minimum absolute atomic E-state index is 0.112. The van der Waals surface area contributed by atoms with Crippen molar-refractivity contribution in [3.05, 3.63) is 34.9 Å². The van der Waals surface area contributed by atoms with Gasteiger partial charge in [-0.1, -0.05) is 13.0 Å². The molecule has 0 radical (unpaired) electrons. The number of carboxylic acids is 1. The Bertz CT molecular complexity index is 482. The monoisotopic (exact) mass is 263 g/mol. The lowest BCUT2D eigenvalue weighted by atomic mass is 10.0. The summed E-state index contributed by atoms with van der Waals surface area (Å²) < 4.78 is 0. The Hall–Kier alpha value is -1.84. The molecule has 4 nitrogen and oxygen atoms in total. The summed E-state index contributed by atoms with van der Waals surface area (Å²) >= 11 is 0. The summed E-state index contributed by atoms with van der Waals surface area (Å²) in [5, 5.41) is 8.92. The first-order valence-corrected chi connectivity index (χ1v) is 6.46. The molecule has 19 heavy (non-hydrogen) atoms. The van der Waals surface area contributed by atoms with E-state index in [9.17, 15) is 9.59 Å². The fourth-order valence-electron chi connectivity index (χ4n) is 1.82. The molecule has 0 aliphatic heterocycles. The van der Waals surface area contributed by atoms with E-state index < -0.39 is 11.9 Å². The zero-order valence-electron chi connectivity index (χ0n) is 11.9. The summed E-state index contributed by atoms with van der Waals surface area (Å²) in [6, 6.07) is 5.56. The Morgan fingerprint density at radius 3 is 2.37 bits per heavy atom. The molecule has 0 aromatic heterocycles. The van der Waals surface area contributed by atoms with Gasteiger partial charge < -0.3 is 10.0 Å². The molecule has 104 valence electrons. The van der Waals surface area contributed by atoms with Crippen molar-refractivity contribution in [3.63, 3.8) is 0 Å². The van der Waals surface area contributed by atoms with E-state index in [0.29, 0.717) is 12.1 Å². The van der Waals surface area contributed by atoms with Crippen LogP contribution in [0.25, 0.3) is 0 Å². The first-order chi connectivity index (χ1) is 8.86. The van der Waals surface area contributed by atoms with Gasteiger partial charge in [-0.25, -0.2) is 0 Å². The molecule has 0 saturated carbocycles. The van der Waals surface area contributed by atoms with Crippen molar-refractivity contribution in [2.45, 2.75) is 27.7 Å². The molecule has 1 atom stereocenters. The number of carboxylic acid groups (broad SMARTS) is 1. The van der Waals surface area contributed by atoms with Gasteiger partial charge in [0.15, 0.2) is 0 Å². The van der Waals surface area contributed by atoms with Crippen LogP contribution in [-0.2, 0) is 4.79 Å². The van der Waals surface area contributed by atoms with Crippen LogP contribution in [0.15, 0.2) is 18.2 Å². The maximum Gasteiger partial charge on any atom is 0.308 e. The summed E-state index contributed by atoms with van der Waals surface area (Å²) in [6.45, 7) is 8.16. The average Bonchev–Trinajstić information content (AvgIpc) is 2.37. The van der Waals surface area contributed by atoms with Crippen LogP contribution in [0.2, 0.25) is 0 Å². The van der Waals surface area contributed by atoms with Gasteiger partial charge in [-0.15, -0.1) is 0 Å². The van der Waals surface area contributed by atoms with Crippen LogP contribution in [0, 0.1) is 19.8 Å². The second-order valence-corrected chi connectivity index (χ2v) is 4.88. The van der Waals surface area contributed by atoms with Crippen molar-refractivity contribution in [2.24, 2.45) is 5.92 Å². The molecule has 0 aliphatic carbocycles. The highest BCUT2D eigenvalue weighted by Gasteiger charge is 2.20. The number of aliphatic carboxylic acids is 1. The number of rotatable bonds is 5. The third kappa shape index (κ3) is 3.81. The van der Waals surface area contributed by atoms with Gasteiger partial charge in [-0.05, 0) is 44.0 Å². The highest BCUT2D eigenvalue weighted by Crippen LogP contribution is 2.13. The summed E-state index contributed by atoms with van der Waals surface area (Å²) in [5.41, 5.74) is 2.81. The van der Waals surface area contributed by atoms with Crippen LogP contribution in [0.4, 0.5) is 0 Å². The van der Waals surface area contributed by atoms with Crippen molar-refractivity contribution in [1.82, 2.24) is 4.90 Å². The molecule has 0 bridgehead atoms. The Morgan fingerprint density at radius 2 is 1.89 bits per heavy atom. The lowest BCUT2D eigenvalue weighted by Crippen LogP contribution is -2.36. The molecular formula is C15H21NO3. The fraction of sp³-hybridized carbons (Fsp3) is 0.467. The van der Waals surface area contributed by atoms with Crippen LogP contribution >= 0.6 is 0 Å². The summed E-state index contributed by atoms with van der Waals surface area (Å²) in [5.74, 6) is -1.56. The lowest BCUT2D eigenvalue weighted by molar-refractivity contribution is -0.141. The van der Waals surface area contributed by atoms with E-state index in [1.807, 2.05) is 32.9 Å². The fourth-order valence-corrected chi connectivity index (χ4v) is 1.82. The Labute approximate surface area is 114 Å². The summed E-state index contributed by atoms with van der Waals surface area (Å²) in [6.07, 6.45) is 0. The predicted molar refractivity (Wildman–Crippen MR) is 74.3 cm³/mol. The molecule has 0 heterocycles. The zero-order valence-corrected chi connectivity index (χ0v) is 11.9. The number of hydrogen-bond donors (Lipinski definition) is 1. The highest BCUT2D eigenvalue weighted by molar-refractivity contribution is 5.94. The molecule has 1 aromatic carbocycles. The first kappa shape index (κ1) is 15.2. The van der Waals surface area contributed by atoms with Gasteiger partial charge in [-0.3, -0.25) is 9.59 Å². The Balaban J connectivity index is 2.89. The molecule has 1 N–H and O–H groups in total. The number of carbonyl (C=O) groups is 2. The first-order valence-electron chi connectivity index (χ1n) is 6.46. The van der Waals surface area contributed by atoms with Gasteiger partial charge in [0.05, 0.1) is 5.92 Å². The van der Waals surface area contributed by atoms with Crippen molar-refractivity contribution >= 4 is 11.9 Å². The van der Waals surface area contributed by atoms with Gasteiger partial charge in [0.25, 0.3) is 5.91 Å². The molecule has 0 fully saturated rings. The number of benzene rings is 1. The van der Waals surface area contributed by atoms with Crippen LogP contribution in [-0.4, -0.2) is 35.0 Å². The molecule has 1 amide bonds. The summed E-state index contributed by atoms with van der Waals surface area (Å²) in [7, 11) is 0. The van der Waals surface area contributed by atoms with Crippen LogP contribution < -0.4 is 0 Å². The maximum absolute atomic E-state index is 12.3. The molecule has 0 aliphatic rings. The second kappa shape index (κ2) is 6.36. The molecule has 0 unspecified atom stereocenters. The van der Waals surface area contributed by atoms with Crippen LogP contribution in [0.5, 0.6) is 0 Å². The van der Waals surface area contributed by atoms with Crippen LogP contribution in [0.1, 0.15) is 35.3 Å². The van der Waals surface area contributed by atoms with E-state index in [2.05, 4.69) is 0 Å². The van der Waals surface area contributed by atoms with Crippen molar-refractivity contribution in [3.8, 4) is 0 Å².